The number of carbonyl (C=O) groups is 1. The summed E-state index contributed by atoms with van der Waals surface area (Å²) >= 11 is 1.65. The first-order valence-corrected chi connectivity index (χ1v) is 6.07. The molecule has 2 aromatic carbocycles. The molecule has 0 unspecified atom stereocenters. The normalized spacial score (nSPS) is 10.1. The highest BCUT2D eigenvalue weighted by atomic mass is 32.2. The van der Waals surface area contributed by atoms with E-state index in [4.69, 9.17) is 0 Å². The Hall–Kier alpha value is -1.74. The first-order chi connectivity index (χ1) is 8.24. The number of carboxylic acid groups (broad SMARTS) is 1. The smallest absolute Gasteiger partial charge is 0.0458 e. The maximum Gasteiger partial charge on any atom is 0.0458 e. The molecule has 17 heavy (non-hydrogen) atoms. The van der Waals surface area contributed by atoms with Gasteiger partial charge in [-0.05, 0) is 29.8 Å². The minimum absolute atomic E-state index is 0.0315. The number of hydrogen-bond donors (Lipinski definition) is 0. The lowest BCUT2D eigenvalue weighted by atomic mass is 10.2. The summed E-state index contributed by atoms with van der Waals surface area (Å²) < 4.78 is 0. The number of carboxylic acids is 1. The lowest BCUT2D eigenvalue weighted by Gasteiger charge is -2.04. The number of aliphatic carboxylic acids is 1. The van der Waals surface area contributed by atoms with Gasteiger partial charge in [-0.1, -0.05) is 42.1 Å². The maximum atomic E-state index is 10.4. The van der Waals surface area contributed by atoms with E-state index in [2.05, 4.69) is 0 Å². The van der Waals surface area contributed by atoms with Crippen molar-refractivity contribution in [3.8, 4) is 0 Å². The van der Waals surface area contributed by atoms with Crippen LogP contribution in [0.2, 0.25) is 0 Å². The Morgan fingerprint density at radius 1 is 0.941 bits per heavy atom. The first-order valence-electron chi connectivity index (χ1n) is 5.26. The van der Waals surface area contributed by atoms with Crippen molar-refractivity contribution in [2.45, 2.75) is 16.2 Å². The lowest BCUT2D eigenvalue weighted by Crippen LogP contribution is -2.24. The highest BCUT2D eigenvalue weighted by molar-refractivity contribution is 7.99. The largest absolute Gasteiger partial charge is 0.550 e. The molecule has 0 amide bonds. The van der Waals surface area contributed by atoms with E-state index in [0.29, 0.717) is 0 Å². The maximum absolute atomic E-state index is 10.4. The topological polar surface area (TPSA) is 40.1 Å². The van der Waals surface area contributed by atoms with Crippen molar-refractivity contribution in [2.75, 3.05) is 0 Å². The minimum atomic E-state index is -1.05. The number of hydrogen-bond acceptors (Lipinski definition) is 3. The third-order valence-corrected chi connectivity index (χ3v) is 3.27. The summed E-state index contributed by atoms with van der Waals surface area (Å²) in [7, 11) is 0. The van der Waals surface area contributed by atoms with Crippen molar-refractivity contribution >= 4 is 17.7 Å². The van der Waals surface area contributed by atoms with Gasteiger partial charge in [0.25, 0.3) is 0 Å². The van der Waals surface area contributed by atoms with Crippen LogP contribution in [-0.4, -0.2) is 5.97 Å². The van der Waals surface area contributed by atoms with E-state index < -0.39 is 5.97 Å². The van der Waals surface area contributed by atoms with Crippen LogP contribution in [0.3, 0.4) is 0 Å². The van der Waals surface area contributed by atoms with Crippen molar-refractivity contribution in [3.63, 3.8) is 0 Å². The second-order valence-corrected chi connectivity index (χ2v) is 4.75. The standard InChI is InChI=1S/C14H12O2S/c15-14(16)10-11-6-8-13(9-7-11)17-12-4-2-1-3-5-12/h1-9H,10H2,(H,15,16)/p-1. The molecule has 0 aliphatic rings. The van der Waals surface area contributed by atoms with Crippen molar-refractivity contribution in [2.24, 2.45) is 0 Å². The van der Waals surface area contributed by atoms with Gasteiger partial charge in [-0.15, -0.1) is 0 Å². The van der Waals surface area contributed by atoms with Crippen LogP contribution in [0.5, 0.6) is 0 Å². The molecular formula is C14H11O2S-. The summed E-state index contributed by atoms with van der Waals surface area (Å²) in [6.45, 7) is 0. The zero-order chi connectivity index (χ0) is 12.1. The molecule has 0 aromatic heterocycles. The van der Waals surface area contributed by atoms with Crippen LogP contribution < -0.4 is 5.11 Å². The van der Waals surface area contributed by atoms with Gasteiger partial charge in [0.2, 0.25) is 0 Å². The van der Waals surface area contributed by atoms with Crippen molar-refractivity contribution in [1.82, 2.24) is 0 Å². The Balaban J connectivity index is 2.06. The molecular weight excluding hydrogens is 232 g/mol. The van der Waals surface area contributed by atoms with Gasteiger partial charge in [0.1, 0.15) is 0 Å². The quantitative estimate of drug-likeness (QED) is 0.826. The van der Waals surface area contributed by atoms with Crippen molar-refractivity contribution in [1.29, 1.82) is 0 Å². The molecule has 0 radical (unpaired) electrons. The molecule has 0 aliphatic heterocycles. The molecule has 0 heterocycles. The van der Waals surface area contributed by atoms with Crippen LogP contribution in [0, 0.1) is 0 Å². The monoisotopic (exact) mass is 243 g/mol. The highest BCUT2D eigenvalue weighted by Crippen LogP contribution is 2.27. The highest BCUT2D eigenvalue weighted by Gasteiger charge is 1.97. The zero-order valence-corrected chi connectivity index (χ0v) is 9.94. The van der Waals surface area contributed by atoms with E-state index in [-0.39, 0.29) is 6.42 Å². The predicted molar refractivity (Wildman–Crippen MR) is 65.7 cm³/mol. The molecule has 2 rings (SSSR count). The molecule has 0 aliphatic carbocycles. The summed E-state index contributed by atoms with van der Waals surface area (Å²) in [5.74, 6) is -1.05. The third-order valence-electron chi connectivity index (χ3n) is 2.25. The number of benzene rings is 2. The van der Waals surface area contributed by atoms with E-state index in [1.807, 2.05) is 54.6 Å². The van der Waals surface area contributed by atoms with Gasteiger partial charge in [0.15, 0.2) is 0 Å². The van der Waals surface area contributed by atoms with Gasteiger partial charge >= 0.3 is 0 Å². The Morgan fingerprint density at radius 3 is 2.12 bits per heavy atom. The molecule has 0 saturated heterocycles. The summed E-state index contributed by atoms with van der Waals surface area (Å²) in [5.41, 5.74) is 0.766. The molecule has 0 fully saturated rings. The minimum Gasteiger partial charge on any atom is -0.550 e. The average molecular weight is 243 g/mol. The van der Waals surface area contributed by atoms with E-state index in [1.54, 1.807) is 11.8 Å². The number of rotatable bonds is 4. The second kappa shape index (κ2) is 5.55. The van der Waals surface area contributed by atoms with E-state index in [0.717, 1.165) is 10.5 Å². The van der Waals surface area contributed by atoms with Crippen LogP contribution in [0.1, 0.15) is 5.56 Å². The van der Waals surface area contributed by atoms with Crippen molar-refractivity contribution in [3.05, 3.63) is 60.2 Å². The van der Waals surface area contributed by atoms with Crippen LogP contribution in [0.4, 0.5) is 0 Å². The van der Waals surface area contributed by atoms with E-state index in [9.17, 15) is 9.90 Å². The van der Waals surface area contributed by atoms with E-state index in [1.165, 1.54) is 4.90 Å². The summed E-state index contributed by atoms with van der Waals surface area (Å²) in [6.07, 6.45) is -0.0315. The Labute approximate surface area is 104 Å². The fraction of sp³-hybridized carbons (Fsp3) is 0.0714. The second-order valence-electron chi connectivity index (χ2n) is 3.61. The van der Waals surface area contributed by atoms with Gasteiger partial charge in [-0.3, -0.25) is 0 Å². The molecule has 0 atom stereocenters. The fourth-order valence-electron chi connectivity index (χ4n) is 1.47. The summed E-state index contributed by atoms with van der Waals surface area (Å²) in [4.78, 5) is 12.7. The average Bonchev–Trinajstić information content (AvgIpc) is 2.32. The molecule has 0 spiro atoms. The van der Waals surface area contributed by atoms with Gasteiger partial charge in [-0.25, -0.2) is 0 Å². The molecule has 2 nitrogen and oxygen atoms in total. The lowest BCUT2D eigenvalue weighted by molar-refractivity contribution is -0.304. The van der Waals surface area contributed by atoms with Crippen LogP contribution in [0.15, 0.2) is 64.4 Å². The van der Waals surface area contributed by atoms with Gasteiger partial charge in [-0.2, -0.15) is 0 Å². The van der Waals surface area contributed by atoms with Gasteiger partial charge in [0.05, 0.1) is 0 Å². The third kappa shape index (κ3) is 3.64. The first kappa shape index (κ1) is 11.7. The molecule has 2 aromatic rings. The van der Waals surface area contributed by atoms with Crippen LogP contribution in [0.25, 0.3) is 0 Å². The molecule has 0 saturated carbocycles. The Bertz CT molecular complexity index is 491. The molecule has 0 N–H and O–H groups in total. The van der Waals surface area contributed by atoms with Crippen molar-refractivity contribution < 1.29 is 9.90 Å². The molecule has 86 valence electrons. The van der Waals surface area contributed by atoms with Crippen LogP contribution in [-0.2, 0) is 11.2 Å². The predicted octanol–water partition coefficient (Wildman–Crippen LogP) is 2.13. The summed E-state index contributed by atoms with van der Waals surface area (Å²) in [5, 5.41) is 10.4. The van der Waals surface area contributed by atoms with Gasteiger partial charge < -0.3 is 9.90 Å². The fourth-order valence-corrected chi connectivity index (χ4v) is 2.30. The SMILES string of the molecule is O=C([O-])Cc1ccc(Sc2ccccc2)cc1. The molecule has 3 heteroatoms. The molecule has 0 bridgehead atoms. The summed E-state index contributed by atoms with van der Waals surface area (Å²) in [6, 6.07) is 17.5. The van der Waals surface area contributed by atoms with E-state index >= 15 is 0 Å². The Kier molecular flexibility index (Phi) is 3.83. The van der Waals surface area contributed by atoms with Gasteiger partial charge in [0, 0.05) is 22.2 Å². The zero-order valence-electron chi connectivity index (χ0n) is 9.13. The Morgan fingerprint density at radius 2 is 1.53 bits per heavy atom. The number of carbonyl (C=O) groups excluding carboxylic acids is 1. The van der Waals surface area contributed by atoms with Crippen LogP contribution >= 0.6 is 11.8 Å².